The van der Waals surface area contributed by atoms with Crippen molar-refractivity contribution in [1.82, 2.24) is 5.32 Å². The Balaban J connectivity index is 2.41. The van der Waals surface area contributed by atoms with Crippen molar-refractivity contribution in [2.24, 2.45) is 5.73 Å². The number of carbonyl (C=O) groups excluding carboxylic acids is 1. The first-order valence-electron chi connectivity index (χ1n) is 6.87. The van der Waals surface area contributed by atoms with Gasteiger partial charge in [0.05, 0.1) is 0 Å². The van der Waals surface area contributed by atoms with Crippen molar-refractivity contribution in [2.75, 3.05) is 0 Å². The smallest absolute Gasteiger partial charge is 0.326 e. The quantitative estimate of drug-likeness (QED) is 0.676. The van der Waals surface area contributed by atoms with Crippen LogP contribution in [0.5, 0.6) is 0 Å². The molecule has 20 heavy (non-hydrogen) atoms. The van der Waals surface area contributed by atoms with Gasteiger partial charge < -0.3 is 16.2 Å². The van der Waals surface area contributed by atoms with Crippen molar-refractivity contribution in [3.8, 4) is 0 Å². The molecule has 0 saturated carbocycles. The first-order valence-corrected chi connectivity index (χ1v) is 6.87. The molecule has 1 aromatic carbocycles. The zero-order valence-corrected chi connectivity index (χ0v) is 11.7. The third-order valence-electron chi connectivity index (χ3n) is 3.12. The molecule has 0 aliphatic heterocycles. The Hall–Kier alpha value is -1.88. The van der Waals surface area contributed by atoms with Crippen molar-refractivity contribution >= 4 is 11.9 Å². The fourth-order valence-electron chi connectivity index (χ4n) is 1.97. The van der Waals surface area contributed by atoms with Crippen LogP contribution in [0.15, 0.2) is 30.3 Å². The maximum absolute atomic E-state index is 11.7. The molecule has 0 aromatic heterocycles. The molecule has 2 atom stereocenters. The lowest BCUT2D eigenvalue weighted by Gasteiger charge is -2.15. The molecular weight excluding hydrogens is 256 g/mol. The van der Waals surface area contributed by atoms with Gasteiger partial charge in [0.1, 0.15) is 6.04 Å². The number of aliphatic carboxylic acids is 1. The van der Waals surface area contributed by atoms with Crippen LogP contribution in [0.3, 0.4) is 0 Å². The van der Waals surface area contributed by atoms with Gasteiger partial charge in [-0.1, -0.05) is 43.7 Å². The number of nitrogens with one attached hydrogen (secondary N) is 1. The van der Waals surface area contributed by atoms with Crippen molar-refractivity contribution in [3.63, 3.8) is 0 Å². The maximum atomic E-state index is 11.7. The van der Waals surface area contributed by atoms with Crippen molar-refractivity contribution in [1.29, 1.82) is 0 Å². The molecule has 0 saturated heterocycles. The van der Waals surface area contributed by atoms with Gasteiger partial charge in [0.2, 0.25) is 5.91 Å². The monoisotopic (exact) mass is 278 g/mol. The van der Waals surface area contributed by atoms with Crippen molar-refractivity contribution in [2.45, 2.75) is 44.7 Å². The minimum Gasteiger partial charge on any atom is -0.480 e. The number of benzene rings is 1. The van der Waals surface area contributed by atoms with Crippen LogP contribution in [-0.2, 0) is 9.59 Å². The summed E-state index contributed by atoms with van der Waals surface area (Å²) in [5.74, 6) is -1.26. The van der Waals surface area contributed by atoms with Gasteiger partial charge in [-0.2, -0.15) is 0 Å². The third kappa shape index (κ3) is 5.40. The summed E-state index contributed by atoms with van der Waals surface area (Å²) in [4.78, 5) is 22.7. The minimum absolute atomic E-state index is 0.212. The number of hydrogen-bond acceptors (Lipinski definition) is 3. The van der Waals surface area contributed by atoms with Crippen LogP contribution in [-0.4, -0.2) is 23.0 Å². The molecule has 0 fully saturated rings. The average Bonchev–Trinajstić information content (AvgIpc) is 2.45. The fraction of sp³-hybridized carbons (Fsp3) is 0.467. The molecular formula is C15H22N2O3. The number of nitrogens with two attached hydrogens (primary N) is 1. The molecule has 5 nitrogen and oxygen atoms in total. The molecule has 1 rings (SSSR count). The molecule has 0 bridgehead atoms. The lowest BCUT2D eigenvalue weighted by Crippen LogP contribution is -2.40. The number of carbonyl (C=O) groups is 2. The van der Waals surface area contributed by atoms with Crippen molar-refractivity contribution < 1.29 is 14.7 Å². The zero-order valence-electron chi connectivity index (χ0n) is 11.7. The predicted molar refractivity (Wildman–Crippen MR) is 77.1 cm³/mol. The van der Waals surface area contributed by atoms with E-state index in [1.165, 1.54) is 0 Å². The number of carboxylic acids is 1. The highest BCUT2D eigenvalue weighted by atomic mass is 16.4. The summed E-state index contributed by atoms with van der Waals surface area (Å²) < 4.78 is 0. The van der Waals surface area contributed by atoms with E-state index in [9.17, 15) is 9.59 Å². The lowest BCUT2D eigenvalue weighted by molar-refractivity contribution is -0.142. The van der Waals surface area contributed by atoms with Crippen LogP contribution in [0, 0.1) is 0 Å². The second kappa shape index (κ2) is 8.32. The first kappa shape index (κ1) is 16.2. The average molecular weight is 278 g/mol. The van der Waals surface area contributed by atoms with E-state index < -0.39 is 12.0 Å². The molecule has 0 radical (unpaired) electrons. The van der Waals surface area contributed by atoms with E-state index >= 15 is 0 Å². The second-order valence-electron chi connectivity index (χ2n) is 4.80. The highest BCUT2D eigenvalue weighted by Crippen LogP contribution is 2.15. The van der Waals surface area contributed by atoms with E-state index in [2.05, 4.69) is 5.32 Å². The van der Waals surface area contributed by atoms with Gasteiger partial charge in [-0.15, -0.1) is 0 Å². The van der Waals surface area contributed by atoms with Gasteiger partial charge >= 0.3 is 5.97 Å². The number of carboxylic acid groups (broad SMARTS) is 1. The molecule has 4 N–H and O–H groups in total. The van der Waals surface area contributed by atoms with Gasteiger partial charge in [-0.05, 0) is 18.4 Å². The first-order chi connectivity index (χ1) is 9.54. The second-order valence-corrected chi connectivity index (χ2v) is 4.80. The van der Waals surface area contributed by atoms with Crippen LogP contribution in [0.2, 0.25) is 0 Å². The number of hydrogen-bond donors (Lipinski definition) is 3. The Kier molecular flexibility index (Phi) is 6.73. The van der Waals surface area contributed by atoms with E-state index in [-0.39, 0.29) is 18.4 Å². The van der Waals surface area contributed by atoms with E-state index in [1.807, 2.05) is 37.3 Å². The number of amides is 1. The van der Waals surface area contributed by atoms with E-state index in [4.69, 9.17) is 10.8 Å². The molecule has 0 aliphatic rings. The van der Waals surface area contributed by atoms with Gasteiger partial charge in [-0.25, -0.2) is 4.79 Å². The summed E-state index contributed by atoms with van der Waals surface area (Å²) in [6.07, 6.45) is 1.87. The SMILES string of the molecule is CCCC(NC(=O)CCC(N)c1ccccc1)C(=O)O. The Morgan fingerprint density at radius 2 is 1.90 bits per heavy atom. The van der Waals surface area contributed by atoms with Crippen LogP contribution < -0.4 is 11.1 Å². The van der Waals surface area contributed by atoms with Crippen LogP contribution in [0.25, 0.3) is 0 Å². The summed E-state index contributed by atoms with van der Waals surface area (Å²) in [6.45, 7) is 1.88. The lowest BCUT2D eigenvalue weighted by atomic mass is 10.0. The molecule has 0 heterocycles. The van der Waals surface area contributed by atoms with E-state index in [1.54, 1.807) is 0 Å². The summed E-state index contributed by atoms with van der Waals surface area (Å²) >= 11 is 0. The highest BCUT2D eigenvalue weighted by Gasteiger charge is 2.19. The Labute approximate surface area is 119 Å². The fourth-order valence-corrected chi connectivity index (χ4v) is 1.97. The summed E-state index contributed by atoms with van der Waals surface area (Å²) in [6, 6.07) is 8.52. The van der Waals surface area contributed by atoms with Crippen LogP contribution in [0.1, 0.15) is 44.2 Å². The maximum Gasteiger partial charge on any atom is 0.326 e. The standard InChI is InChI=1S/C15H22N2O3/c1-2-6-13(15(19)20)17-14(18)10-9-12(16)11-7-4-3-5-8-11/h3-5,7-8,12-13H,2,6,9-10,16H2,1H3,(H,17,18)(H,19,20). The molecule has 2 unspecified atom stereocenters. The molecule has 1 amide bonds. The van der Waals surface area contributed by atoms with Crippen LogP contribution in [0.4, 0.5) is 0 Å². The van der Waals surface area contributed by atoms with E-state index in [0.717, 1.165) is 5.56 Å². The molecule has 5 heteroatoms. The van der Waals surface area contributed by atoms with Gasteiger partial charge in [0.15, 0.2) is 0 Å². The minimum atomic E-state index is -0.993. The largest absolute Gasteiger partial charge is 0.480 e. The molecule has 1 aromatic rings. The molecule has 0 aliphatic carbocycles. The molecule has 110 valence electrons. The van der Waals surface area contributed by atoms with Crippen LogP contribution >= 0.6 is 0 Å². The predicted octanol–water partition coefficient (Wildman–Crippen LogP) is 1.84. The number of rotatable bonds is 8. The topological polar surface area (TPSA) is 92.4 Å². The normalized spacial score (nSPS) is 13.5. The zero-order chi connectivity index (χ0) is 15.0. The summed E-state index contributed by atoms with van der Waals surface area (Å²) in [5, 5.41) is 11.5. The van der Waals surface area contributed by atoms with Gasteiger partial charge in [0, 0.05) is 12.5 Å². The van der Waals surface area contributed by atoms with E-state index in [0.29, 0.717) is 19.3 Å². The summed E-state index contributed by atoms with van der Waals surface area (Å²) in [5.41, 5.74) is 6.97. The third-order valence-corrected chi connectivity index (χ3v) is 3.12. The van der Waals surface area contributed by atoms with Crippen molar-refractivity contribution in [3.05, 3.63) is 35.9 Å². The van der Waals surface area contributed by atoms with Gasteiger partial charge in [-0.3, -0.25) is 4.79 Å². The van der Waals surface area contributed by atoms with Gasteiger partial charge in [0.25, 0.3) is 0 Å². The summed E-state index contributed by atoms with van der Waals surface area (Å²) in [7, 11) is 0. The Bertz CT molecular complexity index is 434. The molecule has 0 spiro atoms. The highest BCUT2D eigenvalue weighted by molar-refractivity contribution is 5.83. The Morgan fingerprint density at radius 1 is 1.25 bits per heavy atom. The Morgan fingerprint density at radius 3 is 2.45 bits per heavy atom.